The molecule has 5 rings (SSSR count). The molecule has 0 fully saturated rings. The van der Waals surface area contributed by atoms with Gasteiger partial charge < -0.3 is 10.1 Å². The molecule has 8 heteroatoms. The number of thiophene rings is 1. The Morgan fingerprint density at radius 2 is 2.00 bits per heavy atom. The van der Waals surface area contributed by atoms with E-state index in [1.807, 2.05) is 24.3 Å². The minimum absolute atomic E-state index is 0.343. The second kappa shape index (κ2) is 9.76. The monoisotopic (exact) mass is 488 g/mol. The summed E-state index contributed by atoms with van der Waals surface area (Å²) in [6.45, 7) is 5.37. The second-order valence-electron chi connectivity index (χ2n) is 9.39. The van der Waals surface area contributed by atoms with Crippen molar-refractivity contribution >= 4 is 39.1 Å². The van der Waals surface area contributed by atoms with Crippen LogP contribution in [0.25, 0.3) is 10.9 Å². The van der Waals surface area contributed by atoms with Crippen LogP contribution in [-0.2, 0) is 35.3 Å². The largest absolute Gasteiger partial charge is 0.452 e. The smallest absolute Gasteiger partial charge is 0.339 e. The number of esters is 1. The van der Waals surface area contributed by atoms with Crippen molar-refractivity contribution in [3.63, 3.8) is 0 Å². The predicted molar refractivity (Wildman–Crippen MR) is 136 cm³/mol. The van der Waals surface area contributed by atoms with Crippen LogP contribution in [0.5, 0.6) is 0 Å². The highest BCUT2D eigenvalue weighted by Gasteiger charge is 2.28. The molecule has 3 aromatic rings. The first-order chi connectivity index (χ1) is 17.0. The van der Waals surface area contributed by atoms with Gasteiger partial charge >= 0.3 is 5.97 Å². The van der Waals surface area contributed by atoms with Crippen LogP contribution in [0.15, 0.2) is 24.3 Å². The SMILES string of the molecule is CC(C)N1CCc2nc3ccccc3c(C(=O)OCC(=O)Nc3sc4c(c3C#N)CCCC4)c2C1. The molecule has 7 nitrogen and oxygen atoms in total. The molecular weight excluding hydrogens is 460 g/mol. The maximum atomic E-state index is 13.3. The van der Waals surface area contributed by atoms with Crippen LogP contribution in [0.2, 0.25) is 0 Å². The molecule has 1 aliphatic heterocycles. The summed E-state index contributed by atoms with van der Waals surface area (Å²) in [5, 5.41) is 13.7. The maximum Gasteiger partial charge on any atom is 0.339 e. The molecule has 1 aromatic carbocycles. The Morgan fingerprint density at radius 3 is 2.80 bits per heavy atom. The van der Waals surface area contributed by atoms with E-state index in [0.717, 1.165) is 66.4 Å². The van der Waals surface area contributed by atoms with Crippen molar-refractivity contribution in [3.8, 4) is 6.07 Å². The number of benzene rings is 1. The molecule has 2 aliphatic rings. The summed E-state index contributed by atoms with van der Waals surface area (Å²) in [6, 6.07) is 10.1. The summed E-state index contributed by atoms with van der Waals surface area (Å²) in [6.07, 6.45) is 4.73. The summed E-state index contributed by atoms with van der Waals surface area (Å²) in [7, 11) is 0. The van der Waals surface area contributed by atoms with Crippen molar-refractivity contribution in [2.45, 2.75) is 58.5 Å². The number of hydrogen-bond donors (Lipinski definition) is 1. The number of aryl methyl sites for hydroxylation is 1. The zero-order valence-electron chi connectivity index (χ0n) is 20.0. The van der Waals surface area contributed by atoms with E-state index in [-0.39, 0.29) is 0 Å². The zero-order chi connectivity index (χ0) is 24.5. The molecule has 1 amide bonds. The topological polar surface area (TPSA) is 95.3 Å². The molecule has 0 spiro atoms. The minimum Gasteiger partial charge on any atom is -0.452 e. The van der Waals surface area contributed by atoms with Crippen LogP contribution in [0.3, 0.4) is 0 Å². The lowest BCUT2D eigenvalue weighted by Crippen LogP contribution is -2.37. The number of rotatable bonds is 5. The highest BCUT2D eigenvalue weighted by Crippen LogP contribution is 2.37. The van der Waals surface area contributed by atoms with E-state index in [4.69, 9.17) is 9.72 Å². The quantitative estimate of drug-likeness (QED) is 0.527. The molecule has 1 aliphatic carbocycles. The zero-order valence-corrected chi connectivity index (χ0v) is 20.8. The van der Waals surface area contributed by atoms with Gasteiger partial charge in [-0.25, -0.2) is 4.79 Å². The third kappa shape index (κ3) is 4.54. The highest BCUT2D eigenvalue weighted by molar-refractivity contribution is 7.16. The number of hydrogen-bond acceptors (Lipinski definition) is 7. The van der Waals surface area contributed by atoms with Crippen LogP contribution in [-0.4, -0.2) is 41.0 Å². The molecule has 0 atom stereocenters. The van der Waals surface area contributed by atoms with Gasteiger partial charge in [-0.15, -0.1) is 11.3 Å². The van der Waals surface area contributed by atoms with E-state index in [2.05, 4.69) is 30.1 Å². The lowest BCUT2D eigenvalue weighted by Gasteiger charge is -2.32. The number of amides is 1. The van der Waals surface area contributed by atoms with Crippen molar-refractivity contribution in [1.29, 1.82) is 5.26 Å². The Bertz CT molecular complexity index is 1350. The standard InChI is InChI=1S/C27H28N4O3S/c1-16(2)31-12-11-22-20(14-31)25(18-8-3-5-9-21(18)29-22)27(33)34-15-24(32)30-26-19(13-28)17-7-4-6-10-23(17)35-26/h3,5,8-9,16H,4,6-7,10-12,14-15H2,1-2H3,(H,30,32). The molecule has 0 bridgehead atoms. The molecule has 3 heterocycles. The molecule has 180 valence electrons. The first-order valence-electron chi connectivity index (χ1n) is 12.1. The van der Waals surface area contributed by atoms with Gasteiger partial charge in [-0.05, 0) is 51.2 Å². The molecule has 2 aromatic heterocycles. The molecule has 0 saturated carbocycles. The van der Waals surface area contributed by atoms with Crippen LogP contribution in [0, 0.1) is 11.3 Å². The number of nitrogens with zero attached hydrogens (tertiary/aromatic N) is 3. The third-order valence-electron chi connectivity index (χ3n) is 6.88. The number of nitriles is 1. The number of fused-ring (bicyclic) bond motifs is 3. The molecule has 35 heavy (non-hydrogen) atoms. The Morgan fingerprint density at radius 1 is 1.20 bits per heavy atom. The van der Waals surface area contributed by atoms with Gasteiger partial charge in [-0.2, -0.15) is 5.26 Å². The number of nitrogens with one attached hydrogen (secondary N) is 1. The lowest BCUT2D eigenvalue weighted by atomic mass is 9.95. The van der Waals surface area contributed by atoms with Gasteiger partial charge in [0.1, 0.15) is 11.1 Å². The fourth-order valence-corrected chi connectivity index (χ4v) is 6.28. The van der Waals surface area contributed by atoms with E-state index in [9.17, 15) is 14.9 Å². The Balaban J connectivity index is 1.37. The normalized spacial score (nSPS) is 15.4. The summed E-state index contributed by atoms with van der Waals surface area (Å²) < 4.78 is 5.53. The van der Waals surface area contributed by atoms with Gasteiger partial charge in [0.25, 0.3) is 5.91 Å². The number of aromatic nitrogens is 1. The van der Waals surface area contributed by atoms with E-state index >= 15 is 0 Å². The van der Waals surface area contributed by atoms with Gasteiger partial charge in [0.05, 0.1) is 16.6 Å². The fraction of sp³-hybridized carbons (Fsp3) is 0.407. The maximum absolute atomic E-state index is 13.3. The van der Waals surface area contributed by atoms with Crippen LogP contribution in [0.4, 0.5) is 5.00 Å². The Labute approximate surface area is 208 Å². The number of pyridine rings is 1. The van der Waals surface area contributed by atoms with E-state index in [0.29, 0.717) is 28.7 Å². The van der Waals surface area contributed by atoms with Crippen molar-refractivity contribution in [2.24, 2.45) is 0 Å². The van der Waals surface area contributed by atoms with Crippen LogP contribution < -0.4 is 5.32 Å². The Hall–Kier alpha value is -3.28. The van der Waals surface area contributed by atoms with Crippen molar-refractivity contribution in [1.82, 2.24) is 9.88 Å². The summed E-state index contributed by atoms with van der Waals surface area (Å²) in [5.41, 5.74) is 4.65. The molecule has 0 unspecified atom stereocenters. The number of carbonyl (C=O) groups is 2. The lowest BCUT2D eigenvalue weighted by molar-refractivity contribution is -0.119. The molecule has 0 radical (unpaired) electrons. The third-order valence-corrected chi connectivity index (χ3v) is 8.09. The van der Waals surface area contributed by atoms with Gasteiger partial charge in [-0.3, -0.25) is 14.7 Å². The first kappa shape index (κ1) is 23.5. The summed E-state index contributed by atoms with van der Waals surface area (Å²) in [4.78, 5) is 34.4. The van der Waals surface area contributed by atoms with E-state index < -0.39 is 18.5 Å². The van der Waals surface area contributed by atoms with Gasteiger partial charge in [-0.1, -0.05) is 18.2 Å². The number of anilines is 1. The summed E-state index contributed by atoms with van der Waals surface area (Å²) in [5.74, 6) is -0.962. The molecular formula is C27H28N4O3S. The van der Waals surface area contributed by atoms with Crippen molar-refractivity contribution in [2.75, 3.05) is 18.5 Å². The highest BCUT2D eigenvalue weighted by atomic mass is 32.1. The predicted octanol–water partition coefficient (Wildman–Crippen LogP) is 4.61. The molecule has 0 saturated heterocycles. The average Bonchev–Trinajstić information content (AvgIpc) is 3.22. The van der Waals surface area contributed by atoms with Crippen LogP contribution >= 0.6 is 11.3 Å². The van der Waals surface area contributed by atoms with Gasteiger partial charge in [0.15, 0.2) is 6.61 Å². The second-order valence-corrected chi connectivity index (χ2v) is 10.5. The van der Waals surface area contributed by atoms with Gasteiger partial charge in [0.2, 0.25) is 0 Å². The number of para-hydroxylation sites is 1. The summed E-state index contributed by atoms with van der Waals surface area (Å²) >= 11 is 1.46. The minimum atomic E-state index is -0.522. The molecule has 1 N–H and O–H groups in total. The van der Waals surface area contributed by atoms with Crippen molar-refractivity contribution < 1.29 is 14.3 Å². The van der Waals surface area contributed by atoms with Crippen molar-refractivity contribution in [3.05, 3.63) is 57.1 Å². The number of carbonyl (C=O) groups excluding carboxylic acids is 2. The van der Waals surface area contributed by atoms with Crippen LogP contribution in [0.1, 0.15) is 64.3 Å². The number of ether oxygens (including phenoxy) is 1. The van der Waals surface area contributed by atoms with E-state index in [1.165, 1.54) is 16.2 Å². The average molecular weight is 489 g/mol. The first-order valence-corrected chi connectivity index (χ1v) is 12.9. The van der Waals surface area contributed by atoms with Gasteiger partial charge in [0, 0.05) is 47.1 Å². The fourth-order valence-electron chi connectivity index (χ4n) is 5.02. The Kier molecular flexibility index (Phi) is 6.54. The van der Waals surface area contributed by atoms with E-state index in [1.54, 1.807) is 0 Å².